The minimum atomic E-state index is -0.685. The van der Waals surface area contributed by atoms with E-state index >= 15 is 0 Å². The second-order valence-corrected chi connectivity index (χ2v) is 5.97. The Morgan fingerprint density at radius 2 is 2.05 bits per heavy atom. The van der Waals surface area contributed by atoms with Crippen molar-refractivity contribution in [3.05, 3.63) is 39.7 Å². The van der Waals surface area contributed by atoms with E-state index in [1.165, 1.54) is 0 Å². The fraction of sp³-hybridized carbons (Fsp3) is 0.500. The lowest BCUT2D eigenvalue weighted by Crippen LogP contribution is -2.39. The Morgan fingerprint density at radius 3 is 2.52 bits per heavy atom. The zero-order valence-corrected chi connectivity index (χ0v) is 13.1. The molecule has 1 amide bonds. The number of benzene rings is 1. The van der Waals surface area contributed by atoms with Crippen molar-refractivity contribution < 1.29 is 14.1 Å². The van der Waals surface area contributed by atoms with Crippen molar-refractivity contribution in [2.45, 2.75) is 31.4 Å². The Morgan fingerprint density at radius 1 is 1.43 bits per heavy atom. The Labute approximate surface area is 127 Å². The van der Waals surface area contributed by atoms with Gasteiger partial charge in [0.15, 0.2) is 0 Å². The number of carbonyl (C=O) groups excluding carboxylic acids is 1. The van der Waals surface area contributed by atoms with Gasteiger partial charge in [0.1, 0.15) is 11.4 Å². The van der Waals surface area contributed by atoms with Crippen molar-refractivity contribution >= 4 is 23.4 Å². The van der Waals surface area contributed by atoms with Gasteiger partial charge in [-0.25, -0.2) is 4.39 Å². The summed E-state index contributed by atoms with van der Waals surface area (Å²) in [7, 11) is 0. The first-order valence-electron chi connectivity index (χ1n) is 6.66. The minimum absolute atomic E-state index is 0.113. The summed E-state index contributed by atoms with van der Waals surface area (Å²) < 4.78 is 13.1. The third-order valence-electron chi connectivity index (χ3n) is 3.69. The van der Waals surface area contributed by atoms with Crippen LogP contribution in [0, 0.1) is 15.9 Å². The maximum Gasteiger partial charge on any atom is 0.282 e. The first kappa shape index (κ1) is 17.4. The van der Waals surface area contributed by atoms with Gasteiger partial charge in [-0.05, 0) is 31.2 Å². The minimum Gasteiger partial charge on any atom is -0.350 e. The van der Waals surface area contributed by atoms with Crippen LogP contribution >= 0.6 is 11.8 Å². The van der Waals surface area contributed by atoms with Gasteiger partial charge < -0.3 is 5.32 Å². The largest absolute Gasteiger partial charge is 0.350 e. The molecule has 0 aromatic heterocycles. The predicted octanol–water partition coefficient (Wildman–Crippen LogP) is 3.39. The first-order valence-corrected chi connectivity index (χ1v) is 7.89. The quantitative estimate of drug-likeness (QED) is 0.618. The molecule has 21 heavy (non-hydrogen) atoms. The average Bonchev–Trinajstić information content (AvgIpc) is 2.48. The molecule has 0 bridgehead atoms. The molecule has 1 N–H and O–H groups in total. The summed E-state index contributed by atoms with van der Waals surface area (Å²) in [5, 5.41) is 13.6. The molecule has 0 saturated carbocycles. The van der Waals surface area contributed by atoms with Crippen molar-refractivity contribution in [1.82, 2.24) is 5.32 Å². The summed E-state index contributed by atoms with van der Waals surface area (Å²) in [4.78, 5) is 22.3. The molecule has 0 unspecified atom stereocenters. The smallest absolute Gasteiger partial charge is 0.282 e. The van der Waals surface area contributed by atoms with E-state index in [9.17, 15) is 19.3 Å². The van der Waals surface area contributed by atoms with Crippen LogP contribution in [0.1, 0.15) is 37.0 Å². The van der Waals surface area contributed by atoms with Gasteiger partial charge in [-0.1, -0.05) is 13.8 Å². The van der Waals surface area contributed by atoms with Crippen LogP contribution in [0.3, 0.4) is 0 Å². The lowest BCUT2D eigenvalue weighted by molar-refractivity contribution is -0.385. The summed E-state index contributed by atoms with van der Waals surface area (Å²) >= 11 is 1.65. The van der Waals surface area contributed by atoms with E-state index in [-0.39, 0.29) is 10.3 Å². The normalized spacial score (nSPS) is 11.2. The van der Waals surface area contributed by atoms with Crippen molar-refractivity contribution in [3.8, 4) is 0 Å². The Hall–Kier alpha value is -1.63. The molecule has 116 valence electrons. The standard InChI is InChI=1S/C14H19FN2O3S/c1-4-14(5-2,21-3)9-16-13(18)11-8-10(15)6-7-12(11)17(19)20/h6-8H,4-5,9H2,1-3H3,(H,16,18). The zero-order valence-electron chi connectivity index (χ0n) is 12.3. The SMILES string of the molecule is CCC(CC)(CNC(=O)c1cc(F)ccc1[N+](=O)[O-])SC. The highest BCUT2D eigenvalue weighted by Crippen LogP contribution is 2.29. The average molecular weight is 314 g/mol. The van der Waals surface area contributed by atoms with Gasteiger partial charge in [0.25, 0.3) is 11.6 Å². The number of amides is 1. The highest BCUT2D eigenvalue weighted by molar-refractivity contribution is 8.00. The van der Waals surface area contributed by atoms with Crippen molar-refractivity contribution in [2.24, 2.45) is 0 Å². The molecule has 0 fully saturated rings. The molecule has 0 aliphatic carbocycles. The van der Waals surface area contributed by atoms with E-state index in [2.05, 4.69) is 5.32 Å². The number of nitro groups is 1. The second-order valence-electron chi connectivity index (χ2n) is 4.70. The number of hydrogen-bond donors (Lipinski definition) is 1. The number of thioether (sulfide) groups is 1. The number of hydrogen-bond acceptors (Lipinski definition) is 4. The topological polar surface area (TPSA) is 72.2 Å². The third-order valence-corrected chi connectivity index (χ3v) is 5.28. The maximum atomic E-state index is 13.2. The molecule has 0 radical (unpaired) electrons. The van der Waals surface area contributed by atoms with Crippen molar-refractivity contribution in [2.75, 3.05) is 12.8 Å². The van der Waals surface area contributed by atoms with Crippen LogP contribution in [0.5, 0.6) is 0 Å². The molecular weight excluding hydrogens is 295 g/mol. The van der Waals surface area contributed by atoms with E-state index in [0.29, 0.717) is 6.54 Å². The Bertz CT molecular complexity index is 525. The monoisotopic (exact) mass is 314 g/mol. The molecular formula is C14H19FN2O3S. The molecule has 0 atom stereocenters. The zero-order chi connectivity index (χ0) is 16.0. The number of halogens is 1. The van der Waals surface area contributed by atoms with Gasteiger partial charge in [0.2, 0.25) is 0 Å². The van der Waals surface area contributed by atoms with Crippen LogP contribution < -0.4 is 5.32 Å². The highest BCUT2D eigenvalue weighted by Gasteiger charge is 2.27. The Kier molecular flexibility index (Phi) is 6.14. The van der Waals surface area contributed by atoms with E-state index in [4.69, 9.17) is 0 Å². The van der Waals surface area contributed by atoms with Crippen molar-refractivity contribution in [1.29, 1.82) is 0 Å². The van der Waals surface area contributed by atoms with E-state index in [1.54, 1.807) is 11.8 Å². The van der Waals surface area contributed by atoms with Crippen LogP contribution in [0.2, 0.25) is 0 Å². The van der Waals surface area contributed by atoms with Crippen LogP contribution in [0.4, 0.5) is 10.1 Å². The molecule has 5 nitrogen and oxygen atoms in total. The lowest BCUT2D eigenvalue weighted by Gasteiger charge is -2.29. The van der Waals surface area contributed by atoms with Crippen LogP contribution in [-0.2, 0) is 0 Å². The molecule has 1 rings (SSSR count). The van der Waals surface area contributed by atoms with Gasteiger partial charge in [0, 0.05) is 17.4 Å². The predicted molar refractivity (Wildman–Crippen MR) is 82.2 cm³/mol. The number of nitrogens with one attached hydrogen (secondary N) is 1. The van der Waals surface area contributed by atoms with Crippen molar-refractivity contribution in [3.63, 3.8) is 0 Å². The molecule has 1 aromatic carbocycles. The maximum absolute atomic E-state index is 13.2. The van der Waals surface area contributed by atoms with E-state index < -0.39 is 22.3 Å². The second kappa shape index (κ2) is 7.40. The number of carbonyl (C=O) groups is 1. The van der Waals surface area contributed by atoms with Crippen LogP contribution in [0.25, 0.3) is 0 Å². The summed E-state index contributed by atoms with van der Waals surface area (Å²) in [5.41, 5.74) is -0.640. The molecule has 7 heteroatoms. The number of nitrogens with zero attached hydrogens (tertiary/aromatic N) is 1. The highest BCUT2D eigenvalue weighted by atomic mass is 32.2. The Balaban J connectivity index is 2.95. The third kappa shape index (κ3) is 4.17. The summed E-state index contributed by atoms with van der Waals surface area (Å²) in [5.74, 6) is -1.30. The van der Waals surface area contributed by atoms with Gasteiger partial charge in [-0.3, -0.25) is 14.9 Å². The van der Waals surface area contributed by atoms with Crippen LogP contribution in [-0.4, -0.2) is 28.4 Å². The van der Waals surface area contributed by atoms with Crippen LogP contribution in [0.15, 0.2) is 18.2 Å². The summed E-state index contributed by atoms with van der Waals surface area (Å²) in [6, 6.07) is 2.87. The number of rotatable bonds is 7. The fourth-order valence-corrected chi connectivity index (χ4v) is 2.84. The van der Waals surface area contributed by atoms with E-state index in [1.807, 2.05) is 20.1 Å². The number of nitro benzene ring substituents is 1. The summed E-state index contributed by atoms with van der Waals surface area (Å²) in [6.45, 7) is 4.43. The van der Waals surface area contributed by atoms with E-state index in [0.717, 1.165) is 31.0 Å². The van der Waals surface area contributed by atoms with Gasteiger partial charge >= 0.3 is 0 Å². The van der Waals surface area contributed by atoms with Gasteiger partial charge in [-0.2, -0.15) is 11.8 Å². The molecule has 0 heterocycles. The first-order chi connectivity index (χ1) is 9.89. The van der Waals surface area contributed by atoms with Gasteiger partial charge in [-0.15, -0.1) is 0 Å². The summed E-state index contributed by atoms with van der Waals surface area (Å²) in [6.07, 6.45) is 3.68. The molecule has 0 saturated heterocycles. The van der Waals surface area contributed by atoms with Gasteiger partial charge in [0.05, 0.1) is 4.92 Å². The fourth-order valence-electron chi connectivity index (χ4n) is 2.05. The molecule has 1 aromatic rings. The molecule has 0 aliphatic heterocycles. The lowest BCUT2D eigenvalue weighted by atomic mass is 10.0. The molecule has 0 aliphatic rings. The molecule has 0 spiro atoms.